The molecule has 0 aromatic heterocycles. The Morgan fingerprint density at radius 3 is 2.40 bits per heavy atom. The Labute approximate surface area is 181 Å². The van der Waals surface area contributed by atoms with Crippen LogP contribution in [0.2, 0.25) is 5.02 Å². The first-order valence-electron chi connectivity index (χ1n) is 9.98. The van der Waals surface area contributed by atoms with Crippen molar-refractivity contribution in [3.05, 3.63) is 76.8 Å². The monoisotopic (exact) mass is 425 g/mol. The van der Waals surface area contributed by atoms with Crippen LogP contribution in [-0.2, 0) is 13.2 Å². The van der Waals surface area contributed by atoms with Gasteiger partial charge in [-0.2, -0.15) is 0 Å². The molecule has 1 aliphatic rings. The average Bonchev–Trinajstić information content (AvgIpc) is 2.78. The lowest BCUT2D eigenvalue weighted by Crippen LogP contribution is -2.15. The number of hydrogen-bond donors (Lipinski definition) is 1. The molecule has 0 amide bonds. The molecule has 1 heterocycles. The van der Waals surface area contributed by atoms with E-state index in [0.29, 0.717) is 38.0 Å². The minimum absolute atomic E-state index is 0.450. The number of fused-ring (bicyclic) bond motifs is 1. The van der Waals surface area contributed by atoms with Crippen LogP contribution < -0.4 is 24.3 Å². The van der Waals surface area contributed by atoms with Crippen LogP contribution in [0.3, 0.4) is 0 Å². The second-order valence-electron chi connectivity index (χ2n) is 6.84. The largest absolute Gasteiger partial charge is 0.490 e. The number of halogens is 1. The lowest BCUT2D eigenvalue weighted by molar-refractivity contribution is 0.171. The van der Waals surface area contributed by atoms with Crippen molar-refractivity contribution in [2.75, 3.05) is 25.1 Å². The molecule has 3 aromatic carbocycles. The summed E-state index contributed by atoms with van der Waals surface area (Å²) < 4.78 is 23.0. The average molecular weight is 426 g/mol. The van der Waals surface area contributed by atoms with Crippen molar-refractivity contribution in [3.8, 4) is 23.0 Å². The van der Waals surface area contributed by atoms with E-state index >= 15 is 0 Å². The number of ether oxygens (including phenoxy) is 4. The second kappa shape index (κ2) is 9.63. The Morgan fingerprint density at radius 2 is 1.60 bits per heavy atom. The summed E-state index contributed by atoms with van der Waals surface area (Å²) in [5.74, 6) is 3.00. The van der Waals surface area contributed by atoms with Gasteiger partial charge in [0.15, 0.2) is 23.0 Å². The van der Waals surface area contributed by atoms with Crippen LogP contribution in [0.4, 0.5) is 5.69 Å². The first-order chi connectivity index (χ1) is 14.7. The Balaban J connectivity index is 1.41. The minimum atomic E-state index is 0.450. The normalized spacial score (nSPS) is 12.3. The molecular weight excluding hydrogens is 402 g/mol. The molecule has 30 heavy (non-hydrogen) atoms. The molecular formula is C24H24ClNO4. The maximum absolute atomic E-state index is 5.98. The molecule has 0 fully saturated rings. The van der Waals surface area contributed by atoms with Gasteiger partial charge in [-0.05, 0) is 54.4 Å². The summed E-state index contributed by atoms with van der Waals surface area (Å²) in [4.78, 5) is 0. The molecule has 0 saturated heterocycles. The summed E-state index contributed by atoms with van der Waals surface area (Å²) in [6.07, 6.45) is 0. The highest BCUT2D eigenvalue weighted by Gasteiger charge is 2.12. The molecule has 0 atom stereocenters. The fraction of sp³-hybridized carbons (Fsp3) is 0.250. The van der Waals surface area contributed by atoms with Crippen LogP contribution in [0.5, 0.6) is 23.0 Å². The van der Waals surface area contributed by atoms with Gasteiger partial charge in [0, 0.05) is 23.3 Å². The molecule has 5 nitrogen and oxygen atoms in total. The van der Waals surface area contributed by atoms with Gasteiger partial charge < -0.3 is 24.3 Å². The lowest BCUT2D eigenvalue weighted by Gasteiger charge is -2.19. The minimum Gasteiger partial charge on any atom is -0.490 e. The zero-order valence-electron chi connectivity index (χ0n) is 16.8. The van der Waals surface area contributed by atoms with E-state index in [4.69, 9.17) is 30.5 Å². The zero-order valence-corrected chi connectivity index (χ0v) is 17.6. The zero-order chi connectivity index (χ0) is 20.8. The van der Waals surface area contributed by atoms with Gasteiger partial charge >= 0.3 is 0 Å². The van der Waals surface area contributed by atoms with E-state index < -0.39 is 0 Å². The highest BCUT2D eigenvalue weighted by Crippen LogP contribution is 2.33. The molecule has 0 bridgehead atoms. The summed E-state index contributed by atoms with van der Waals surface area (Å²) in [5.41, 5.74) is 3.11. The van der Waals surface area contributed by atoms with Crippen molar-refractivity contribution in [2.24, 2.45) is 0 Å². The molecule has 0 spiro atoms. The van der Waals surface area contributed by atoms with Crippen LogP contribution in [0, 0.1) is 0 Å². The fourth-order valence-electron chi connectivity index (χ4n) is 3.15. The van der Waals surface area contributed by atoms with Crippen LogP contribution in [0.1, 0.15) is 18.1 Å². The van der Waals surface area contributed by atoms with Crippen LogP contribution >= 0.6 is 11.6 Å². The smallest absolute Gasteiger partial charge is 0.163 e. The van der Waals surface area contributed by atoms with E-state index in [1.165, 1.54) is 0 Å². The van der Waals surface area contributed by atoms with E-state index in [9.17, 15) is 0 Å². The number of hydrogen-bond acceptors (Lipinski definition) is 5. The van der Waals surface area contributed by atoms with Crippen molar-refractivity contribution in [1.29, 1.82) is 0 Å². The van der Waals surface area contributed by atoms with Crippen molar-refractivity contribution >= 4 is 17.3 Å². The van der Waals surface area contributed by atoms with E-state index in [0.717, 1.165) is 39.8 Å². The maximum Gasteiger partial charge on any atom is 0.163 e. The Hall–Kier alpha value is -3.05. The number of anilines is 1. The summed E-state index contributed by atoms with van der Waals surface area (Å²) in [5, 5.41) is 4.13. The SMILES string of the molecule is CCOc1cc(CNc2ccc3c(c2)OCCO3)ccc1OCc1ccc(Cl)cc1. The first-order valence-corrected chi connectivity index (χ1v) is 10.4. The summed E-state index contributed by atoms with van der Waals surface area (Å²) in [6.45, 7) is 4.79. The van der Waals surface area contributed by atoms with Crippen molar-refractivity contribution in [1.82, 2.24) is 0 Å². The number of rotatable bonds is 8. The van der Waals surface area contributed by atoms with Gasteiger partial charge in [0.2, 0.25) is 0 Å². The van der Waals surface area contributed by atoms with Gasteiger partial charge in [-0.1, -0.05) is 29.8 Å². The Bertz CT molecular complexity index is 991. The molecule has 0 radical (unpaired) electrons. The van der Waals surface area contributed by atoms with Crippen molar-refractivity contribution in [3.63, 3.8) is 0 Å². The van der Waals surface area contributed by atoms with Crippen LogP contribution in [0.25, 0.3) is 0 Å². The van der Waals surface area contributed by atoms with Gasteiger partial charge in [-0.15, -0.1) is 0 Å². The molecule has 1 N–H and O–H groups in total. The number of benzene rings is 3. The number of nitrogens with one attached hydrogen (secondary N) is 1. The van der Waals surface area contributed by atoms with E-state index in [-0.39, 0.29) is 0 Å². The van der Waals surface area contributed by atoms with Crippen molar-refractivity contribution in [2.45, 2.75) is 20.1 Å². The summed E-state index contributed by atoms with van der Waals surface area (Å²) >= 11 is 5.94. The molecule has 1 aliphatic heterocycles. The molecule has 156 valence electrons. The summed E-state index contributed by atoms with van der Waals surface area (Å²) in [7, 11) is 0. The fourth-order valence-corrected chi connectivity index (χ4v) is 3.28. The molecule has 0 aliphatic carbocycles. The molecule has 0 saturated carbocycles. The van der Waals surface area contributed by atoms with Crippen LogP contribution in [0.15, 0.2) is 60.7 Å². The maximum atomic E-state index is 5.98. The van der Waals surface area contributed by atoms with Gasteiger partial charge in [0.25, 0.3) is 0 Å². The summed E-state index contributed by atoms with van der Waals surface area (Å²) in [6, 6.07) is 19.5. The van der Waals surface area contributed by atoms with Gasteiger partial charge in [0.1, 0.15) is 19.8 Å². The molecule has 3 aromatic rings. The predicted octanol–water partition coefficient (Wildman–Crippen LogP) is 5.70. The van der Waals surface area contributed by atoms with E-state index in [1.54, 1.807) is 0 Å². The second-order valence-corrected chi connectivity index (χ2v) is 7.28. The Morgan fingerprint density at radius 1 is 0.833 bits per heavy atom. The first kappa shape index (κ1) is 20.2. The predicted molar refractivity (Wildman–Crippen MR) is 118 cm³/mol. The standard InChI is InChI=1S/C24H24ClNO4/c1-2-27-23-13-18(5-9-22(23)30-16-17-3-6-19(25)7-4-17)15-26-20-8-10-21-24(14-20)29-12-11-28-21/h3-10,13-14,26H,2,11-12,15-16H2,1H3. The third kappa shape index (κ3) is 5.10. The molecule has 0 unspecified atom stereocenters. The molecule has 6 heteroatoms. The van der Waals surface area contributed by atoms with Crippen molar-refractivity contribution < 1.29 is 18.9 Å². The third-order valence-corrected chi connectivity index (χ3v) is 4.91. The Kier molecular flexibility index (Phi) is 6.50. The highest BCUT2D eigenvalue weighted by atomic mass is 35.5. The highest BCUT2D eigenvalue weighted by molar-refractivity contribution is 6.30. The van der Waals surface area contributed by atoms with Gasteiger partial charge in [-0.25, -0.2) is 0 Å². The quantitative estimate of drug-likeness (QED) is 0.501. The van der Waals surface area contributed by atoms with Gasteiger partial charge in [0.05, 0.1) is 6.61 Å². The van der Waals surface area contributed by atoms with Gasteiger partial charge in [-0.3, -0.25) is 0 Å². The molecule has 4 rings (SSSR count). The van der Waals surface area contributed by atoms with E-state index in [2.05, 4.69) is 5.32 Å². The lowest BCUT2D eigenvalue weighted by atomic mass is 10.2. The van der Waals surface area contributed by atoms with E-state index in [1.807, 2.05) is 67.6 Å². The third-order valence-electron chi connectivity index (χ3n) is 4.65. The topological polar surface area (TPSA) is 49.0 Å². The van der Waals surface area contributed by atoms with Crippen LogP contribution in [-0.4, -0.2) is 19.8 Å².